The first-order chi connectivity index (χ1) is 13.5. The fourth-order valence-corrected chi connectivity index (χ4v) is 3.36. The molecular formula is C21H29N5O2. The molecule has 0 radical (unpaired) electrons. The lowest BCUT2D eigenvalue weighted by Crippen LogP contribution is -2.42. The summed E-state index contributed by atoms with van der Waals surface area (Å²) in [7, 11) is 0. The Labute approximate surface area is 166 Å². The van der Waals surface area contributed by atoms with Gasteiger partial charge in [-0.05, 0) is 44.7 Å². The number of nitrogens with one attached hydrogen (secondary N) is 2. The van der Waals surface area contributed by atoms with Gasteiger partial charge in [-0.1, -0.05) is 24.3 Å². The molecule has 0 unspecified atom stereocenters. The summed E-state index contributed by atoms with van der Waals surface area (Å²) in [5.41, 5.74) is 2.51. The molecule has 1 aromatic carbocycles. The van der Waals surface area contributed by atoms with Crippen LogP contribution in [-0.2, 0) is 11.3 Å². The third-order valence-electron chi connectivity index (χ3n) is 4.93. The van der Waals surface area contributed by atoms with E-state index < -0.39 is 0 Å². The van der Waals surface area contributed by atoms with E-state index in [4.69, 9.17) is 4.74 Å². The minimum absolute atomic E-state index is 0.221. The van der Waals surface area contributed by atoms with Crippen molar-refractivity contribution in [1.29, 1.82) is 0 Å². The van der Waals surface area contributed by atoms with Gasteiger partial charge in [-0.25, -0.2) is 14.8 Å². The number of nitrogens with zero attached hydrogens (tertiary/aromatic N) is 3. The van der Waals surface area contributed by atoms with Gasteiger partial charge in [-0.15, -0.1) is 0 Å². The van der Waals surface area contributed by atoms with Gasteiger partial charge in [0.25, 0.3) is 0 Å². The highest BCUT2D eigenvalue weighted by molar-refractivity contribution is 5.67. The smallest absolute Gasteiger partial charge is 0.409 e. The van der Waals surface area contributed by atoms with Crippen LogP contribution in [0.5, 0.6) is 0 Å². The van der Waals surface area contributed by atoms with Crippen LogP contribution in [0.4, 0.5) is 16.4 Å². The van der Waals surface area contributed by atoms with Gasteiger partial charge in [0.05, 0.1) is 6.61 Å². The second-order valence-electron chi connectivity index (χ2n) is 7.07. The zero-order chi connectivity index (χ0) is 19.9. The molecule has 1 amide bonds. The van der Waals surface area contributed by atoms with Gasteiger partial charge < -0.3 is 20.3 Å². The Morgan fingerprint density at radius 3 is 2.61 bits per heavy atom. The molecule has 2 aromatic rings. The third-order valence-corrected chi connectivity index (χ3v) is 4.93. The van der Waals surface area contributed by atoms with Gasteiger partial charge in [0.15, 0.2) is 0 Å². The van der Waals surface area contributed by atoms with E-state index in [0.29, 0.717) is 19.7 Å². The van der Waals surface area contributed by atoms with Crippen molar-refractivity contribution >= 4 is 17.7 Å². The molecule has 7 heteroatoms. The highest BCUT2D eigenvalue weighted by Gasteiger charge is 2.23. The molecule has 1 aromatic heterocycles. The molecule has 1 aliphatic rings. The molecule has 7 nitrogen and oxygen atoms in total. The number of anilines is 2. The molecule has 2 heterocycles. The number of ether oxygens (including phenoxy) is 1. The van der Waals surface area contributed by atoms with E-state index in [1.165, 1.54) is 11.1 Å². The Hall–Kier alpha value is -2.83. The van der Waals surface area contributed by atoms with Gasteiger partial charge >= 0.3 is 6.09 Å². The van der Waals surface area contributed by atoms with Crippen molar-refractivity contribution in [3.8, 4) is 0 Å². The standard InChI is InChI=1S/C21H29N5O2/c1-4-28-21(27)26-11-9-18(10-12-26)25-20-13-19(23-16(3)24-20)22-14-17-8-6-5-7-15(17)2/h5-8,13,18H,4,9-12,14H2,1-3H3,(H2,22,23,24,25). The quantitative estimate of drug-likeness (QED) is 0.791. The summed E-state index contributed by atoms with van der Waals surface area (Å²) in [6, 6.07) is 10.5. The molecule has 3 rings (SSSR count). The number of carbonyl (C=O) groups excluding carboxylic acids is 1. The van der Waals surface area contributed by atoms with Gasteiger partial charge in [0.1, 0.15) is 17.5 Å². The molecule has 28 heavy (non-hydrogen) atoms. The maximum atomic E-state index is 11.8. The molecule has 0 spiro atoms. The van der Waals surface area contributed by atoms with Crippen molar-refractivity contribution in [2.75, 3.05) is 30.3 Å². The third kappa shape index (κ3) is 5.34. The fraction of sp³-hybridized carbons (Fsp3) is 0.476. The molecule has 1 fully saturated rings. The summed E-state index contributed by atoms with van der Waals surface area (Å²) >= 11 is 0. The van der Waals surface area contributed by atoms with E-state index in [1.807, 2.05) is 32.0 Å². The number of benzene rings is 1. The van der Waals surface area contributed by atoms with Crippen LogP contribution in [0.25, 0.3) is 0 Å². The van der Waals surface area contributed by atoms with Gasteiger partial charge in [-0.2, -0.15) is 0 Å². The number of piperidine rings is 1. The molecule has 2 N–H and O–H groups in total. The second kappa shape index (κ2) is 9.39. The zero-order valence-corrected chi connectivity index (χ0v) is 16.9. The first-order valence-electron chi connectivity index (χ1n) is 9.87. The average Bonchev–Trinajstić information content (AvgIpc) is 2.68. The molecule has 0 saturated carbocycles. The molecular weight excluding hydrogens is 354 g/mol. The van der Waals surface area contributed by atoms with Crippen LogP contribution in [0, 0.1) is 13.8 Å². The molecule has 0 atom stereocenters. The molecule has 0 aliphatic carbocycles. The van der Waals surface area contributed by atoms with Crippen LogP contribution < -0.4 is 10.6 Å². The minimum atomic E-state index is -0.221. The number of hydrogen-bond donors (Lipinski definition) is 2. The normalized spacial score (nSPS) is 14.6. The Morgan fingerprint density at radius 1 is 1.18 bits per heavy atom. The highest BCUT2D eigenvalue weighted by Crippen LogP contribution is 2.19. The second-order valence-corrected chi connectivity index (χ2v) is 7.07. The van der Waals surface area contributed by atoms with E-state index in [-0.39, 0.29) is 12.1 Å². The van der Waals surface area contributed by atoms with E-state index in [1.54, 1.807) is 4.90 Å². The lowest BCUT2D eigenvalue weighted by molar-refractivity contribution is 0.0983. The largest absolute Gasteiger partial charge is 0.450 e. The summed E-state index contributed by atoms with van der Waals surface area (Å²) in [4.78, 5) is 22.6. The maximum absolute atomic E-state index is 11.8. The Balaban J connectivity index is 1.56. The van der Waals surface area contributed by atoms with Crippen molar-refractivity contribution in [1.82, 2.24) is 14.9 Å². The molecule has 150 valence electrons. The van der Waals surface area contributed by atoms with Crippen molar-refractivity contribution in [2.45, 2.75) is 46.2 Å². The molecule has 0 bridgehead atoms. The van der Waals surface area contributed by atoms with Crippen LogP contribution in [0.15, 0.2) is 30.3 Å². The highest BCUT2D eigenvalue weighted by atomic mass is 16.6. The van der Waals surface area contributed by atoms with Crippen molar-refractivity contribution in [2.24, 2.45) is 0 Å². The van der Waals surface area contributed by atoms with Crippen molar-refractivity contribution in [3.05, 3.63) is 47.3 Å². The first-order valence-corrected chi connectivity index (χ1v) is 9.87. The van der Waals surface area contributed by atoms with Crippen LogP contribution in [0.3, 0.4) is 0 Å². The van der Waals surface area contributed by atoms with Gasteiger partial charge in [0.2, 0.25) is 0 Å². The van der Waals surface area contributed by atoms with E-state index in [9.17, 15) is 4.79 Å². The van der Waals surface area contributed by atoms with E-state index in [0.717, 1.165) is 36.8 Å². The maximum Gasteiger partial charge on any atom is 0.409 e. The van der Waals surface area contributed by atoms with E-state index >= 15 is 0 Å². The van der Waals surface area contributed by atoms with Crippen molar-refractivity contribution < 1.29 is 9.53 Å². The average molecular weight is 383 g/mol. The van der Waals surface area contributed by atoms with Crippen LogP contribution >= 0.6 is 0 Å². The predicted octanol–water partition coefficient (Wildman–Crippen LogP) is 3.74. The number of hydrogen-bond acceptors (Lipinski definition) is 6. The summed E-state index contributed by atoms with van der Waals surface area (Å²) in [6.07, 6.45) is 1.52. The first kappa shape index (κ1) is 19.9. The summed E-state index contributed by atoms with van der Waals surface area (Å²) in [6.45, 7) is 8.35. The number of aryl methyl sites for hydroxylation is 2. The van der Waals surface area contributed by atoms with Gasteiger partial charge in [0, 0.05) is 31.7 Å². The monoisotopic (exact) mass is 383 g/mol. The van der Waals surface area contributed by atoms with Crippen molar-refractivity contribution in [3.63, 3.8) is 0 Å². The predicted molar refractivity (Wildman–Crippen MR) is 111 cm³/mol. The Kier molecular flexibility index (Phi) is 6.68. The number of amides is 1. The summed E-state index contributed by atoms with van der Waals surface area (Å²) in [5.74, 6) is 2.35. The van der Waals surface area contributed by atoms with Gasteiger partial charge in [-0.3, -0.25) is 0 Å². The fourth-order valence-electron chi connectivity index (χ4n) is 3.36. The summed E-state index contributed by atoms with van der Waals surface area (Å²) in [5, 5.41) is 6.89. The SMILES string of the molecule is CCOC(=O)N1CCC(Nc2cc(NCc3ccccc3C)nc(C)n2)CC1. The number of rotatable bonds is 6. The zero-order valence-electron chi connectivity index (χ0n) is 16.9. The summed E-state index contributed by atoms with van der Waals surface area (Å²) < 4.78 is 5.08. The minimum Gasteiger partial charge on any atom is -0.450 e. The Bertz CT molecular complexity index is 803. The lowest BCUT2D eigenvalue weighted by Gasteiger charge is -2.31. The van der Waals surface area contributed by atoms with E-state index in [2.05, 4.69) is 39.7 Å². The number of likely N-dealkylation sites (tertiary alicyclic amines) is 1. The number of aromatic nitrogens is 2. The van der Waals surface area contributed by atoms with Crippen LogP contribution in [0.1, 0.15) is 36.7 Å². The molecule has 1 saturated heterocycles. The Morgan fingerprint density at radius 2 is 1.89 bits per heavy atom. The lowest BCUT2D eigenvalue weighted by atomic mass is 10.1. The van der Waals surface area contributed by atoms with Crippen LogP contribution in [-0.4, -0.2) is 46.7 Å². The number of carbonyl (C=O) groups is 1. The topological polar surface area (TPSA) is 79.4 Å². The van der Waals surface area contributed by atoms with Crippen LogP contribution in [0.2, 0.25) is 0 Å². The molecule has 1 aliphatic heterocycles.